The molecule has 0 radical (unpaired) electrons. The van der Waals surface area contributed by atoms with Gasteiger partial charge in [-0.15, -0.1) is 0 Å². The number of carbonyl (C=O) groups excluding carboxylic acids is 1. The second-order valence-electron chi connectivity index (χ2n) is 6.75. The van der Waals surface area contributed by atoms with E-state index in [0.717, 1.165) is 6.42 Å². The van der Waals surface area contributed by atoms with Crippen molar-refractivity contribution in [3.8, 4) is 0 Å². The van der Waals surface area contributed by atoms with Gasteiger partial charge in [-0.2, -0.15) is 4.31 Å². The Morgan fingerprint density at radius 2 is 1.52 bits per heavy atom. The molecule has 1 fully saturated rings. The first kappa shape index (κ1) is 17.8. The van der Waals surface area contributed by atoms with Gasteiger partial charge in [0.05, 0.1) is 4.90 Å². The average Bonchev–Trinajstić information content (AvgIpc) is 2.99. The molecule has 2 aromatic rings. The Morgan fingerprint density at radius 3 is 2.12 bits per heavy atom. The third kappa shape index (κ3) is 4.17. The quantitative estimate of drug-likeness (QED) is 0.798. The van der Waals surface area contributed by atoms with Crippen molar-refractivity contribution in [3.63, 3.8) is 0 Å². The number of hydrogen-bond acceptors (Lipinski definition) is 3. The van der Waals surface area contributed by atoms with Gasteiger partial charge in [-0.1, -0.05) is 48.5 Å². The zero-order valence-electron chi connectivity index (χ0n) is 14.3. The minimum atomic E-state index is -3.51. The van der Waals surface area contributed by atoms with E-state index in [2.05, 4.69) is 12.1 Å². The van der Waals surface area contributed by atoms with Crippen molar-refractivity contribution in [1.82, 2.24) is 4.31 Å². The van der Waals surface area contributed by atoms with Gasteiger partial charge in [0.1, 0.15) is 5.78 Å². The summed E-state index contributed by atoms with van der Waals surface area (Å²) >= 11 is 0. The minimum Gasteiger partial charge on any atom is -0.300 e. The topological polar surface area (TPSA) is 54.5 Å². The van der Waals surface area contributed by atoms with Crippen LogP contribution < -0.4 is 0 Å². The summed E-state index contributed by atoms with van der Waals surface area (Å²) < 4.78 is 27.4. The highest BCUT2D eigenvalue weighted by Crippen LogP contribution is 2.33. The van der Waals surface area contributed by atoms with E-state index in [-0.39, 0.29) is 17.6 Å². The molecule has 0 spiro atoms. The van der Waals surface area contributed by atoms with Crippen LogP contribution in [0.4, 0.5) is 0 Å². The number of nitrogens with zero attached hydrogens (tertiary/aromatic N) is 1. The van der Waals surface area contributed by atoms with Gasteiger partial charge in [0.2, 0.25) is 10.0 Å². The molecular weight excluding hydrogens is 334 g/mol. The average molecular weight is 357 g/mol. The fraction of sp³-hybridized carbons (Fsp3) is 0.350. The summed E-state index contributed by atoms with van der Waals surface area (Å²) in [7, 11) is -3.51. The largest absolute Gasteiger partial charge is 0.300 e. The Kier molecular flexibility index (Phi) is 5.35. The molecule has 0 saturated carbocycles. The smallest absolute Gasteiger partial charge is 0.243 e. The molecule has 0 aromatic heterocycles. The maximum atomic E-state index is 12.9. The number of sulfonamides is 1. The number of ketones is 1. The standard InChI is InChI=1S/C20H23NO3S/c1-16(22)12-18-14-21(25(23,24)20-10-6-3-7-11-20)15-19(18)13-17-8-4-2-5-9-17/h2-11,18-19H,12-15H2,1H3. The number of hydrogen-bond donors (Lipinski definition) is 0. The first-order chi connectivity index (χ1) is 12.0. The molecule has 2 aromatic carbocycles. The van der Waals surface area contributed by atoms with Gasteiger partial charge in [0.25, 0.3) is 0 Å². The Morgan fingerprint density at radius 1 is 0.960 bits per heavy atom. The lowest BCUT2D eigenvalue weighted by Gasteiger charge is -2.17. The molecule has 0 aliphatic carbocycles. The van der Waals surface area contributed by atoms with Crippen molar-refractivity contribution in [3.05, 3.63) is 66.2 Å². The highest BCUT2D eigenvalue weighted by molar-refractivity contribution is 7.89. The van der Waals surface area contributed by atoms with E-state index in [4.69, 9.17) is 0 Å². The SMILES string of the molecule is CC(=O)CC1CN(S(=O)(=O)c2ccccc2)CC1Cc1ccccc1. The van der Waals surface area contributed by atoms with Gasteiger partial charge in [0.15, 0.2) is 0 Å². The monoisotopic (exact) mass is 357 g/mol. The molecule has 1 heterocycles. The molecule has 1 saturated heterocycles. The zero-order valence-corrected chi connectivity index (χ0v) is 15.2. The molecule has 4 nitrogen and oxygen atoms in total. The van der Waals surface area contributed by atoms with E-state index in [1.54, 1.807) is 41.6 Å². The van der Waals surface area contributed by atoms with Crippen molar-refractivity contribution in [1.29, 1.82) is 0 Å². The van der Waals surface area contributed by atoms with Gasteiger partial charge in [-0.3, -0.25) is 0 Å². The second-order valence-corrected chi connectivity index (χ2v) is 8.69. The Balaban J connectivity index is 1.82. The molecule has 3 rings (SSSR count). The van der Waals surface area contributed by atoms with E-state index in [9.17, 15) is 13.2 Å². The second kappa shape index (κ2) is 7.50. The maximum Gasteiger partial charge on any atom is 0.243 e. The molecule has 0 amide bonds. The first-order valence-electron chi connectivity index (χ1n) is 8.55. The lowest BCUT2D eigenvalue weighted by atomic mass is 9.86. The zero-order chi connectivity index (χ0) is 17.9. The van der Waals surface area contributed by atoms with Crippen LogP contribution >= 0.6 is 0 Å². The summed E-state index contributed by atoms with van der Waals surface area (Å²) in [5, 5.41) is 0. The third-order valence-corrected chi connectivity index (χ3v) is 6.66. The van der Waals surface area contributed by atoms with Crippen molar-refractivity contribution < 1.29 is 13.2 Å². The summed E-state index contributed by atoms with van der Waals surface area (Å²) in [4.78, 5) is 12.0. The highest BCUT2D eigenvalue weighted by atomic mass is 32.2. The Labute approximate surface area is 149 Å². The predicted molar refractivity (Wildman–Crippen MR) is 97.6 cm³/mol. The van der Waals surface area contributed by atoms with Crippen LogP contribution in [0.1, 0.15) is 18.9 Å². The van der Waals surface area contributed by atoms with Crippen LogP contribution in [0.5, 0.6) is 0 Å². The van der Waals surface area contributed by atoms with Gasteiger partial charge < -0.3 is 4.79 Å². The van der Waals surface area contributed by atoms with Gasteiger partial charge >= 0.3 is 0 Å². The Hall–Kier alpha value is -1.98. The van der Waals surface area contributed by atoms with E-state index < -0.39 is 10.0 Å². The molecule has 25 heavy (non-hydrogen) atoms. The molecule has 2 atom stereocenters. The summed E-state index contributed by atoms with van der Waals surface area (Å²) in [5.74, 6) is 0.336. The van der Waals surface area contributed by atoms with Crippen LogP contribution in [-0.4, -0.2) is 31.6 Å². The number of benzene rings is 2. The molecular formula is C20H23NO3S. The molecule has 1 aliphatic heterocycles. The first-order valence-corrected chi connectivity index (χ1v) is 9.99. The van der Waals surface area contributed by atoms with Crippen molar-refractivity contribution in [2.75, 3.05) is 13.1 Å². The third-order valence-electron chi connectivity index (χ3n) is 4.81. The normalized spacial score (nSPS) is 21.3. The number of carbonyl (C=O) groups is 1. The molecule has 0 bridgehead atoms. The molecule has 1 aliphatic rings. The lowest BCUT2D eigenvalue weighted by Crippen LogP contribution is -2.29. The van der Waals surface area contributed by atoms with Crippen molar-refractivity contribution in [2.45, 2.75) is 24.7 Å². The van der Waals surface area contributed by atoms with Crippen LogP contribution in [0.25, 0.3) is 0 Å². The Bertz CT molecular complexity index is 819. The van der Waals surface area contributed by atoms with E-state index in [0.29, 0.717) is 24.4 Å². The van der Waals surface area contributed by atoms with E-state index in [1.165, 1.54) is 5.56 Å². The van der Waals surface area contributed by atoms with Crippen molar-refractivity contribution in [2.24, 2.45) is 11.8 Å². The van der Waals surface area contributed by atoms with Gasteiger partial charge in [0, 0.05) is 19.5 Å². The van der Waals surface area contributed by atoms with Crippen LogP contribution in [0.15, 0.2) is 65.6 Å². The van der Waals surface area contributed by atoms with Gasteiger partial charge in [-0.05, 0) is 42.9 Å². The fourth-order valence-electron chi connectivity index (χ4n) is 3.58. The highest BCUT2D eigenvalue weighted by Gasteiger charge is 2.39. The number of rotatable bonds is 6. The minimum absolute atomic E-state index is 0.0659. The summed E-state index contributed by atoms with van der Waals surface area (Å²) in [6.07, 6.45) is 1.22. The summed E-state index contributed by atoms with van der Waals surface area (Å²) in [6, 6.07) is 18.6. The fourth-order valence-corrected chi connectivity index (χ4v) is 5.16. The van der Waals surface area contributed by atoms with Crippen LogP contribution in [0.2, 0.25) is 0 Å². The van der Waals surface area contributed by atoms with Crippen LogP contribution in [0, 0.1) is 11.8 Å². The lowest BCUT2D eigenvalue weighted by molar-refractivity contribution is -0.118. The van der Waals surface area contributed by atoms with Gasteiger partial charge in [-0.25, -0.2) is 8.42 Å². The molecule has 132 valence electrons. The predicted octanol–water partition coefficient (Wildman–Crippen LogP) is 3.15. The summed E-state index contributed by atoms with van der Waals surface area (Å²) in [6.45, 7) is 2.45. The molecule has 0 N–H and O–H groups in total. The van der Waals surface area contributed by atoms with Crippen LogP contribution in [0.3, 0.4) is 0 Å². The van der Waals surface area contributed by atoms with Crippen LogP contribution in [-0.2, 0) is 21.2 Å². The molecule has 2 unspecified atom stereocenters. The molecule has 5 heteroatoms. The summed E-state index contributed by atoms with van der Waals surface area (Å²) in [5.41, 5.74) is 1.18. The number of Topliss-reactive ketones (excluding diaryl/α,β-unsaturated/α-hetero) is 1. The van der Waals surface area contributed by atoms with Crippen molar-refractivity contribution >= 4 is 15.8 Å². The maximum absolute atomic E-state index is 12.9. The van der Waals surface area contributed by atoms with E-state index >= 15 is 0 Å². The van der Waals surface area contributed by atoms with E-state index in [1.807, 2.05) is 18.2 Å².